The smallest absolute Gasteiger partial charge is 0.190 e. The van der Waals surface area contributed by atoms with E-state index in [-0.39, 0.29) is 0 Å². The van der Waals surface area contributed by atoms with Crippen LogP contribution >= 0.6 is 0 Å². The Labute approximate surface area is 84.5 Å². The van der Waals surface area contributed by atoms with Gasteiger partial charge in [-0.1, -0.05) is 23.3 Å². The number of ether oxygens (including phenoxy) is 1. The highest BCUT2D eigenvalue weighted by Gasteiger charge is 2.32. The summed E-state index contributed by atoms with van der Waals surface area (Å²) < 4.78 is 5.33. The third-order valence-corrected chi connectivity index (χ3v) is 2.10. The van der Waals surface area contributed by atoms with Crippen molar-refractivity contribution in [1.82, 2.24) is 0 Å². The summed E-state index contributed by atoms with van der Waals surface area (Å²) in [7, 11) is 0. The third kappa shape index (κ3) is 1.52. The van der Waals surface area contributed by atoms with Crippen LogP contribution in [-0.4, -0.2) is 6.23 Å². The molecule has 0 N–H and O–H groups in total. The van der Waals surface area contributed by atoms with E-state index in [0.29, 0.717) is 5.75 Å². The maximum absolute atomic E-state index is 8.41. The van der Waals surface area contributed by atoms with Crippen LogP contribution in [-0.2, 0) is 0 Å². The normalized spacial score (nSPS) is 21.9. The van der Waals surface area contributed by atoms with Crippen molar-refractivity contribution in [3.05, 3.63) is 50.7 Å². The van der Waals surface area contributed by atoms with Crippen molar-refractivity contribution in [2.75, 3.05) is 0 Å². The molecular formula is C8H6N6O. The topological polar surface area (TPSA) is 107 Å². The molecule has 1 aliphatic rings. The fraction of sp³-hybridized carbons (Fsp3) is 0.250. The molecule has 0 saturated carbocycles. The van der Waals surface area contributed by atoms with E-state index in [9.17, 15) is 0 Å². The van der Waals surface area contributed by atoms with Gasteiger partial charge in [-0.2, -0.15) is 0 Å². The molecule has 1 aromatic rings. The molecule has 7 heteroatoms. The molecule has 15 heavy (non-hydrogen) atoms. The Bertz CT molecular complexity index is 474. The summed E-state index contributed by atoms with van der Waals surface area (Å²) in [5.41, 5.74) is 17.5. The molecule has 0 radical (unpaired) electrons. The minimum atomic E-state index is -0.789. The Morgan fingerprint density at radius 3 is 2.60 bits per heavy atom. The van der Waals surface area contributed by atoms with Gasteiger partial charge in [-0.15, -0.1) is 0 Å². The monoisotopic (exact) mass is 202 g/mol. The van der Waals surface area contributed by atoms with Crippen LogP contribution in [0.5, 0.6) is 5.75 Å². The maximum Gasteiger partial charge on any atom is 0.190 e. The van der Waals surface area contributed by atoms with Crippen molar-refractivity contribution in [3.8, 4) is 5.75 Å². The first-order valence-electron chi connectivity index (χ1n) is 4.21. The molecule has 0 aliphatic carbocycles. The lowest BCUT2D eigenvalue weighted by molar-refractivity contribution is 0.215. The fourth-order valence-electron chi connectivity index (χ4n) is 1.49. The van der Waals surface area contributed by atoms with Gasteiger partial charge in [0.1, 0.15) is 11.8 Å². The van der Waals surface area contributed by atoms with Crippen LogP contribution in [0.25, 0.3) is 20.9 Å². The van der Waals surface area contributed by atoms with E-state index in [1.165, 1.54) is 0 Å². The predicted molar refractivity (Wildman–Crippen MR) is 51.9 cm³/mol. The average molecular weight is 202 g/mol. The minimum absolute atomic E-state index is 0.581. The molecular weight excluding hydrogens is 196 g/mol. The number of azide groups is 2. The number of para-hydroxylation sites is 1. The van der Waals surface area contributed by atoms with Crippen LogP contribution in [0.3, 0.4) is 0 Å². The molecule has 2 atom stereocenters. The van der Waals surface area contributed by atoms with E-state index in [2.05, 4.69) is 20.1 Å². The van der Waals surface area contributed by atoms with Gasteiger partial charge in [0.2, 0.25) is 0 Å². The van der Waals surface area contributed by atoms with E-state index >= 15 is 0 Å². The Balaban J connectivity index is 2.45. The van der Waals surface area contributed by atoms with Gasteiger partial charge in [0.25, 0.3) is 0 Å². The van der Waals surface area contributed by atoms with Crippen LogP contribution in [0.15, 0.2) is 34.5 Å². The molecule has 0 spiro atoms. The van der Waals surface area contributed by atoms with Crippen molar-refractivity contribution in [2.45, 2.75) is 12.3 Å². The zero-order chi connectivity index (χ0) is 10.7. The molecule has 1 heterocycles. The number of nitrogens with zero attached hydrogens (tertiary/aromatic N) is 6. The number of hydrogen-bond acceptors (Lipinski definition) is 3. The summed E-state index contributed by atoms with van der Waals surface area (Å²) in [4.78, 5) is 5.36. The molecule has 0 fully saturated rings. The van der Waals surface area contributed by atoms with Crippen LogP contribution < -0.4 is 4.74 Å². The molecule has 1 aliphatic heterocycles. The summed E-state index contributed by atoms with van der Waals surface area (Å²) in [6, 6.07) is 6.54. The predicted octanol–water partition coefficient (Wildman–Crippen LogP) is 3.07. The highest BCUT2D eigenvalue weighted by molar-refractivity contribution is 5.40. The van der Waals surface area contributed by atoms with E-state index in [4.69, 9.17) is 15.8 Å². The van der Waals surface area contributed by atoms with Crippen molar-refractivity contribution in [3.63, 3.8) is 0 Å². The summed E-state index contributed by atoms with van der Waals surface area (Å²) in [6.07, 6.45) is -0.789. The lowest BCUT2D eigenvalue weighted by Gasteiger charge is -2.06. The highest BCUT2D eigenvalue weighted by atomic mass is 16.5. The second-order valence-electron chi connectivity index (χ2n) is 2.90. The van der Waals surface area contributed by atoms with Crippen LogP contribution in [0, 0.1) is 0 Å². The van der Waals surface area contributed by atoms with Gasteiger partial charge < -0.3 is 4.74 Å². The minimum Gasteiger partial charge on any atom is -0.483 e. The highest BCUT2D eigenvalue weighted by Crippen LogP contribution is 2.39. The molecule has 0 amide bonds. The van der Waals surface area contributed by atoms with E-state index < -0.39 is 12.3 Å². The number of fused-ring (bicyclic) bond motifs is 1. The molecule has 0 unspecified atom stereocenters. The van der Waals surface area contributed by atoms with Crippen molar-refractivity contribution >= 4 is 0 Å². The Morgan fingerprint density at radius 1 is 1.13 bits per heavy atom. The van der Waals surface area contributed by atoms with Gasteiger partial charge in [0, 0.05) is 15.4 Å². The van der Waals surface area contributed by atoms with Crippen LogP contribution in [0.1, 0.15) is 11.6 Å². The summed E-state index contributed by atoms with van der Waals surface area (Å²) in [5.74, 6) is 0.590. The molecule has 0 saturated heterocycles. The lowest BCUT2D eigenvalue weighted by atomic mass is 10.1. The maximum atomic E-state index is 8.41. The summed E-state index contributed by atoms with van der Waals surface area (Å²) >= 11 is 0. The molecule has 2 rings (SSSR count). The van der Waals surface area contributed by atoms with Crippen LogP contribution in [0.4, 0.5) is 0 Å². The second-order valence-corrected chi connectivity index (χ2v) is 2.90. The van der Waals surface area contributed by atoms with E-state index in [1.807, 2.05) is 0 Å². The molecule has 74 valence electrons. The molecule has 1 aromatic carbocycles. The van der Waals surface area contributed by atoms with Gasteiger partial charge in [-0.25, -0.2) is 0 Å². The number of benzene rings is 1. The standard InChI is InChI=1S/C8H6N6O/c9-13-11-7-5-3-1-2-4-6(5)15-8(7)12-14-10/h1-4,7-8H/t7-,8+/m0/s1. The third-order valence-electron chi connectivity index (χ3n) is 2.10. The Kier molecular flexibility index (Phi) is 2.33. The average Bonchev–Trinajstić information content (AvgIpc) is 2.59. The molecule has 0 bridgehead atoms. The first-order valence-corrected chi connectivity index (χ1v) is 4.21. The van der Waals surface area contributed by atoms with Gasteiger partial charge in [-0.05, 0) is 22.2 Å². The lowest BCUT2D eigenvalue weighted by Crippen LogP contribution is -2.12. The van der Waals surface area contributed by atoms with E-state index in [1.54, 1.807) is 24.3 Å². The van der Waals surface area contributed by atoms with Crippen LogP contribution in [0.2, 0.25) is 0 Å². The van der Waals surface area contributed by atoms with Crippen molar-refractivity contribution in [2.24, 2.45) is 10.2 Å². The van der Waals surface area contributed by atoms with Gasteiger partial charge in [-0.3, -0.25) is 0 Å². The van der Waals surface area contributed by atoms with Gasteiger partial charge in [0.05, 0.1) is 0 Å². The van der Waals surface area contributed by atoms with E-state index in [0.717, 1.165) is 5.56 Å². The first kappa shape index (κ1) is 9.21. The number of rotatable bonds is 2. The second kappa shape index (κ2) is 3.79. The Morgan fingerprint density at radius 2 is 1.87 bits per heavy atom. The Hall–Kier alpha value is -2.36. The molecule has 0 aromatic heterocycles. The van der Waals surface area contributed by atoms with Crippen molar-refractivity contribution < 1.29 is 4.74 Å². The van der Waals surface area contributed by atoms with Gasteiger partial charge >= 0.3 is 0 Å². The first-order chi connectivity index (χ1) is 7.36. The van der Waals surface area contributed by atoms with Gasteiger partial charge in [0.15, 0.2) is 6.23 Å². The fourth-order valence-corrected chi connectivity index (χ4v) is 1.49. The quantitative estimate of drug-likeness (QED) is 0.410. The SMILES string of the molecule is [N-]=[N+]=N[C@@H]1Oc2ccccc2[C@@H]1N=[N+]=[N-]. The zero-order valence-electron chi connectivity index (χ0n) is 7.56. The molecule has 7 nitrogen and oxygen atoms in total. The number of hydrogen-bond donors (Lipinski definition) is 0. The summed E-state index contributed by atoms with van der Waals surface area (Å²) in [5, 5.41) is 6.99. The summed E-state index contributed by atoms with van der Waals surface area (Å²) in [6.45, 7) is 0. The largest absolute Gasteiger partial charge is 0.483 e. The zero-order valence-corrected chi connectivity index (χ0v) is 7.56. The van der Waals surface area contributed by atoms with Crippen molar-refractivity contribution in [1.29, 1.82) is 0 Å².